The Morgan fingerprint density at radius 1 is 1.35 bits per heavy atom. The van der Waals surface area contributed by atoms with Crippen LogP contribution in [0.3, 0.4) is 0 Å². The lowest BCUT2D eigenvalue weighted by molar-refractivity contribution is 0.0951. The number of hydrogen-bond acceptors (Lipinski definition) is 3. The largest absolute Gasteiger partial charge is 0.364 e. The van der Waals surface area contributed by atoms with Gasteiger partial charge in [0.1, 0.15) is 12.0 Å². The van der Waals surface area contributed by atoms with Gasteiger partial charge in [0.2, 0.25) is 0 Å². The zero-order valence-corrected chi connectivity index (χ0v) is 11.4. The number of rotatable bonds is 3. The van der Waals surface area contributed by atoms with E-state index in [4.69, 9.17) is 4.52 Å². The first-order chi connectivity index (χ1) is 9.66. The summed E-state index contributed by atoms with van der Waals surface area (Å²) in [6, 6.07) is 7.45. The van der Waals surface area contributed by atoms with Crippen LogP contribution in [0, 0.1) is 13.8 Å². The Labute approximate surface area is 116 Å². The first kappa shape index (κ1) is 12.5. The van der Waals surface area contributed by atoms with Crippen LogP contribution < -0.4 is 5.32 Å². The summed E-state index contributed by atoms with van der Waals surface area (Å²) >= 11 is 0. The molecule has 0 aliphatic carbocycles. The van der Waals surface area contributed by atoms with Gasteiger partial charge in [-0.25, -0.2) is 0 Å². The van der Waals surface area contributed by atoms with E-state index in [-0.39, 0.29) is 5.91 Å². The predicted molar refractivity (Wildman–Crippen MR) is 75.4 cm³/mol. The number of aromatic nitrogens is 2. The van der Waals surface area contributed by atoms with E-state index in [2.05, 4.69) is 15.5 Å². The van der Waals surface area contributed by atoms with E-state index in [0.29, 0.717) is 17.8 Å². The molecular weight excluding hydrogens is 254 g/mol. The highest BCUT2D eigenvalue weighted by molar-refractivity contribution is 6.06. The Bertz CT molecular complexity index is 757. The standard InChI is InChI=1S/C15H15N3O2/c1-9-10(2)17-14-12(9)4-3-5-13(14)15(19)16-8-11-6-7-20-18-11/h3-7,17H,8H2,1-2H3,(H,16,19). The average Bonchev–Trinajstić information content (AvgIpc) is 3.06. The number of carbonyl (C=O) groups is 1. The maximum atomic E-state index is 12.3. The van der Waals surface area contributed by atoms with E-state index in [1.54, 1.807) is 6.07 Å². The van der Waals surface area contributed by atoms with Crippen molar-refractivity contribution in [1.82, 2.24) is 15.5 Å². The number of amides is 1. The minimum atomic E-state index is -0.125. The number of aromatic amines is 1. The van der Waals surface area contributed by atoms with Crippen molar-refractivity contribution in [3.63, 3.8) is 0 Å². The lowest BCUT2D eigenvalue weighted by Crippen LogP contribution is -2.23. The number of nitrogens with zero attached hydrogens (tertiary/aromatic N) is 1. The highest BCUT2D eigenvalue weighted by atomic mass is 16.5. The lowest BCUT2D eigenvalue weighted by Gasteiger charge is -2.04. The molecule has 0 saturated heterocycles. The smallest absolute Gasteiger partial charge is 0.253 e. The van der Waals surface area contributed by atoms with E-state index in [1.807, 2.05) is 32.0 Å². The van der Waals surface area contributed by atoms with Gasteiger partial charge in [-0.1, -0.05) is 17.3 Å². The van der Waals surface area contributed by atoms with Crippen molar-refractivity contribution < 1.29 is 9.32 Å². The third kappa shape index (κ3) is 2.07. The van der Waals surface area contributed by atoms with E-state index in [9.17, 15) is 4.79 Å². The molecule has 20 heavy (non-hydrogen) atoms. The second-order valence-corrected chi connectivity index (χ2v) is 4.78. The Morgan fingerprint density at radius 2 is 2.20 bits per heavy atom. The van der Waals surface area contributed by atoms with Crippen LogP contribution in [0.2, 0.25) is 0 Å². The van der Waals surface area contributed by atoms with E-state index >= 15 is 0 Å². The highest BCUT2D eigenvalue weighted by Crippen LogP contribution is 2.24. The molecule has 5 heteroatoms. The Hall–Kier alpha value is -2.56. The van der Waals surface area contributed by atoms with Gasteiger partial charge in [0, 0.05) is 17.1 Å². The van der Waals surface area contributed by atoms with Gasteiger partial charge in [0.25, 0.3) is 5.91 Å². The first-order valence-electron chi connectivity index (χ1n) is 6.42. The summed E-state index contributed by atoms with van der Waals surface area (Å²) in [6.45, 7) is 4.40. The fourth-order valence-electron chi connectivity index (χ4n) is 2.27. The molecule has 2 aromatic heterocycles. The van der Waals surface area contributed by atoms with Gasteiger partial charge in [0.15, 0.2) is 0 Å². The maximum absolute atomic E-state index is 12.3. The third-order valence-corrected chi connectivity index (χ3v) is 3.51. The van der Waals surface area contributed by atoms with Gasteiger partial charge >= 0.3 is 0 Å². The lowest BCUT2D eigenvalue weighted by atomic mass is 10.1. The SMILES string of the molecule is Cc1[nH]c2c(C(=O)NCc3ccon3)cccc2c1C. The van der Waals surface area contributed by atoms with Gasteiger partial charge in [-0.05, 0) is 25.5 Å². The van der Waals surface area contributed by atoms with Crippen molar-refractivity contribution in [2.75, 3.05) is 0 Å². The molecule has 0 aliphatic rings. The highest BCUT2D eigenvalue weighted by Gasteiger charge is 2.13. The second kappa shape index (κ2) is 4.85. The van der Waals surface area contributed by atoms with Crippen molar-refractivity contribution >= 4 is 16.8 Å². The summed E-state index contributed by atoms with van der Waals surface area (Å²) < 4.78 is 4.73. The van der Waals surface area contributed by atoms with Gasteiger partial charge in [0.05, 0.1) is 17.6 Å². The summed E-state index contributed by atoms with van der Waals surface area (Å²) in [5.41, 5.74) is 4.47. The zero-order chi connectivity index (χ0) is 14.1. The van der Waals surface area contributed by atoms with E-state index in [1.165, 1.54) is 11.8 Å². The molecule has 1 aromatic carbocycles. The van der Waals surface area contributed by atoms with Crippen molar-refractivity contribution in [1.29, 1.82) is 0 Å². The summed E-state index contributed by atoms with van der Waals surface area (Å²) in [5.74, 6) is -0.125. The second-order valence-electron chi connectivity index (χ2n) is 4.78. The predicted octanol–water partition coefficient (Wildman–Crippen LogP) is 2.70. The van der Waals surface area contributed by atoms with Crippen LogP contribution in [0.4, 0.5) is 0 Å². The molecular formula is C15H15N3O2. The Morgan fingerprint density at radius 3 is 2.95 bits per heavy atom. The number of nitrogens with one attached hydrogen (secondary N) is 2. The molecule has 0 bridgehead atoms. The van der Waals surface area contributed by atoms with Crippen LogP contribution in [-0.4, -0.2) is 16.0 Å². The number of fused-ring (bicyclic) bond motifs is 1. The van der Waals surface area contributed by atoms with Gasteiger partial charge in [-0.15, -0.1) is 0 Å². The fraction of sp³-hybridized carbons (Fsp3) is 0.200. The fourth-order valence-corrected chi connectivity index (χ4v) is 2.27. The van der Waals surface area contributed by atoms with Crippen LogP contribution in [0.1, 0.15) is 27.3 Å². The van der Waals surface area contributed by atoms with Crippen LogP contribution in [0.25, 0.3) is 10.9 Å². The first-order valence-corrected chi connectivity index (χ1v) is 6.42. The molecule has 102 valence electrons. The van der Waals surface area contributed by atoms with Gasteiger partial charge in [-0.3, -0.25) is 4.79 Å². The number of benzene rings is 1. The van der Waals surface area contributed by atoms with Crippen molar-refractivity contribution in [3.8, 4) is 0 Å². The molecule has 0 spiro atoms. The molecule has 0 saturated carbocycles. The molecule has 3 aromatic rings. The zero-order valence-electron chi connectivity index (χ0n) is 11.4. The summed E-state index contributed by atoms with van der Waals surface area (Å²) in [6.07, 6.45) is 1.49. The summed E-state index contributed by atoms with van der Waals surface area (Å²) in [4.78, 5) is 15.6. The molecule has 0 aliphatic heterocycles. The van der Waals surface area contributed by atoms with Gasteiger partial charge < -0.3 is 14.8 Å². The van der Waals surface area contributed by atoms with E-state index in [0.717, 1.165) is 16.6 Å². The van der Waals surface area contributed by atoms with Crippen LogP contribution >= 0.6 is 0 Å². The number of H-pyrrole nitrogens is 1. The number of aryl methyl sites for hydroxylation is 2. The monoisotopic (exact) mass is 269 g/mol. The molecule has 3 rings (SSSR count). The molecule has 0 atom stereocenters. The quantitative estimate of drug-likeness (QED) is 0.768. The minimum Gasteiger partial charge on any atom is -0.364 e. The molecule has 5 nitrogen and oxygen atoms in total. The maximum Gasteiger partial charge on any atom is 0.253 e. The summed E-state index contributed by atoms with van der Waals surface area (Å²) in [5, 5.41) is 7.69. The Balaban J connectivity index is 1.89. The normalized spacial score (nSPS) is 10.9. The van der Waals surface area contributed by atoms with E-state index < -0.39 is 0 Å². The topological polar surface area (TPSA) is 70.9 Å². The van der Waals surface area contributed by atoms with Gasteiger partial charge in [-0.2, -0.15) is 0 Å². The molecule has 0 fully saturated rings. The minimum absolute atomic E-state index is 0.125. The number of hydrogen-bond donors (Lipinski definition) is 2. The van der Waals surface area contributed by atoms with Crippen LogP contribution in [0.15, 0.2) is 35.1 Å². The number of carbonyl (C=O) groups excluding carboxylic acids is 1. The van der Waals surface area contributed by atoms with Crippen molar-refractivity contribution in [3.05, 3.63) is 53.0 Å². The molecule has 2 heterocycles. The van der Waals surface area contributed by atoms with Crippen molar-refractivity contribution in [2.45, 2.75) is 20.4 Å². The van der Waals surface area contributed by atoms with Crippen LogP contribution in [-0.2, 0) is 6.54 Å². The number of para-hydroxylation sites is 1. The Kier molecular flexibility index (Phi) is 3.02. The van der Waals surface area contributed by atoms with Crippen molar-refractivity contribution in [2.24, 2.45) is 0 Å². The average molecular weight is 269 g/mol. The molecule has 0 unspecified atom stereocenters. The molecule has 2 N–H and O–H groups in total. The summed E-state index contributed by atoms with van der Waals surface area (Å²) in [7, 11) is 0. The molecule has 1 amide bonds. The third-order valence-electron chi connectivity index (χ3n) is 3.51. The molecule has 0 radical (unpaired) electrons. The van der Waals surface area contributed by atoms with Crippen LogP contribution in [0.5, 0.6) is 0 Å².